The number of hydrogen-bond donors (Lipinski definition) is 0. The minimum absolute atomic E-state index is 0.0262. The molecule has 0 N–H and O–H groups in total. The van der Waals surface area contributed by atoms with Gasteiger partial charge in [-0.25, -0.2) is 4.98 Å². The van der Waals surface area contributed by atoms with Crippen molar-refractivity contribution in [1.29, 1.82) is 0 Å². The normalized spacial score (nSPS) is 18.3. The van der Waals surface area contributed by atoms with Crippen LogP contribution in [0.5, 0.6) is 0 Å². The number of imidazole rings is 1. The van der Waals surface area contributed by atoms with Gasteiger partial charge in [-0.05, 0) is 53.0 Å². The quantitative estimate of drug-likeness (QED) is 0.531. The molecule has 1 saturated heterocycles. The van der Waals surface area contributed by atoms with Crippen LogP contribution in [0.25, 0.3) is 16.9 Å². The molecule has 1 atom stereocenters. The Morgan fingerprint density at radius 1 is 1.19 bits per heavy atom. The fourth-order valence-electron chi connectivity index (χ4n) is 4.09. The molecule has 4 nitrogen and oxygen atoms in total. The molecule has 1 fully saturated rings. The Labute approximate surface area is 164 Å². The number of fused-ring (bicyclic) bond motifs is 5. The average molecular weight is 429 g/mol. The summed E-state index contributed by atoms with van der Waals surface area (Å²) < 4.78 is 2.89. The largest absolute Gasteiger partial charge is 0.330 e. The predicted molar refractivity (Wildman–Crippen MR) is 105 cm³/mol. The minimum atomic E-state index is 0.0262. The topological polar surface area (TPSA) is 38.1 Å². The van der Waals surface area contributed by atoms with Gasteiger partial charge in [-0.15, -0.1) is 0 Å². The zero-order chi connectivity index (χ0) is 17.8. The van der Waals surface area contributed by atoms with Gasteiger partial charge in [-0.1, -0.05) is 29.8 Å². The van der Waals surface area contributed by atoms with E-state index in [2.05, 4.69) is 20.5 Å². The van der Waals surface area contributed by atoms with Crippen molar-refractivity contribution in [3.63, 3.8) is 0 Å². The van der Waals surface area contributed by atoms with Gasteiger partial charge in [-0.3, -0.25) is 9.36 Å². The Morgan fingerprint density at radius 3 is 2.88 bits per heavy atom. The van der Waals surface area contributed by atoms with Crippen LogP contribution >= 0.6 is 27.5 Å². The number of rotatable bonds is 1. The fraction of sp³-hybridized carbons (Fsp3) is 0.200. The van der Waals surface area contributed by atoms with Crippen LogP contribution in [0.2, 0.25) is 5.02 Å². The van der Waals surface area contributed by atoms with E-state index in [1.54, 1.807) is 0 Å². The van der Waals surface area contributed by atoms with E-state index >= 15 is 0 Å². The summed E-state index contributed by atoms with van der Waals surface area (Å²) in [7, 11) is 0. The van der Waals surface area contributed by atoms with Crippen LogP contribution in [-0.4, -0.2) is 26.9 Å². The highest BCUT2D eigenvalue weighted by molar-refractivity contribution is 9.10. The van der Waals surface area contributed by atoms with Crippen molar-refractivity contribution in [2.45, 2.75) is 18.9 Å². The first-order valence-corrected chi connectivity index (χ1v) is 9.75. The van der Waals surface area contributed by atoms with E-state index in [4.69, 9.17) is 16.6 Å². The van der Waals surface area contributed by atoms with Crippen LogP contribution in [0.1, 0.15) is 34.9 Å². The number of halogens is 2. The SMILES string of the molecule is O=C1c2c(Br)cccc2-n2cnc(-c3cccc(Cl)c3)c2C2CCCN12. The van der Waals surface area contributed by atoms with Crippen molar-refractivity contribution >= 4 is 33.4 Å². The first-order chi connectivity index (χ1) is 12.6. The summed E-state index contributed by atoms with van der Waals surface area (Å²) in [5.41, 5.74) is 4.51. The van der Waals surface area contributed by atoms with Crippen LogP contribution in [0, 0.1) is 0 Å². The maximum atomic E-state index is 13.2. The molecule has 26 heavy (non-hydrogen) atoms. The maximum absolute atomic E-state index is 13.2. The van der Waals surface area contributed by atoms with Crippen molar-refractivity contribution in [2.75, 3.05) is 6.54 Å². The Bertz CT molecular complexity index is 1050. The van der Waals surface area contributed by atoms with E-state index in [0.717, 1.165) is 46.5 Å². The summed E-state index contributed by atoms with van der Waals surface area (Å²) in [6.45, 7) is 0.768. The lowest BCUT2D eigenvalue weighted by molar-refractivity contribution is 0.0738. The summed E-state index contributed by atoms with van der Waals surface area (Å²) in [5, 5.41) is 0.681. The van der Waals surface area contributed by atoms with Gasteiger partial charge in [-0.2, -0.15) is 0 Å². The first kappa shape index (κ1) is 16.1. The second kappa shape index (κ2) is 5.96. The number of carbonyl (C=O) groups excluding carboxylic acids is 1. The number of carbonyl (C=O) groups is 1. The minimum Gasteiger partial charge on any atom is -0.330 e. The van der Waals surface area contributed by atoms with Crippen LogP contribution < -0.4 is 0 Å². The lowest BCUT2D eigenvalue weighted by atomic mass is 10.0. The number of nitrogens with zero attached hydrogens (tertiary/aromatic N) is 3. The third-order valence-electron chi connectivity index (χ3n) is 5.20. The summed E-state index contributed by atoms with van der Waals surface area (Å²) in [6.07, 6.45) is 3.76. The van der Waals surface area contributed by atoms with E-state index in [1.165, 1.54) is 0 Å². The van der Waals surface area contributed by atoms with Gasteiger partial charge in [0.25, 0.3) is 5.91 Å². The van der Waals surface area contributed by atoms with Gasteiger partial charge in [0.2, 0.25) is 0 Å². The molecular formula is C20H15BrClN3O. The van der Waals surface area contributed by atoms with Crippen LogP contribution in [0.3, 0.4) is 0 Å². The molecule has 6 heteroatoms. The molecule has 0 bridgehead atoms. The lowest BCUT2D eigenvalue weighted by Crippen LogP contribution is -2.29. The zero-order valence-electron chi connectivity index (χ0n) is 13.8. The van der Waals surface area contributed by atoms with Gasteiger partial charge in [0.1, 0.15) is 6.33 Å². The Balaban J connectivity index is 1.82. The molecule has 0 spiro atoms. The second-order valence-corrected chi connectivity index (χ2v) is 7.94. The Morgan fingerprint density at radius 2 is 2.04 bits per heavy atom. The summed E-state index contributed by atoms with van der Waals surface area (Å²) in [4.78, 5) is 19.9. The van der Waals surface area contributed by atoms with Gasteiger partial charge < -0.3 is 4.90 Å². The molecule has 2 aliphatic rings. The van der Waals surface area contributed by atoms with Crippen molar-refractivity contribution in [1.82, 2.24) is 14.5 Å². The van der Waals surface area contributed by atoms with E-state index in [1.807, 2.05) is 53.7 Å². The molecule has 2 aromatic carbocycles. The van der Waals surface area contributed by atoms with Gasteiger partial charge in [0, 0.05) is 21.6 Å². The van der Waals surface area contributed by atoms with Crippen LogP contribution in [0.4, 0.5) is 0 Å². The van der Waals surface area contributed by atoms with Crippen molar-refractivity contribution in [3.05, 3.63) is 69.5 Å². The Kier molecular flexibility index (Phi) is 3.69. The standard InChI is InChI=1S/C20H15BrClN3O/c21-14-6-2-7-15-17(14)20(26)24-9-3-8-16(24)19-18(23-11-25(15)19)12-4-1-5-13(22)10-12/h1-2,4-7,10-11,16H,3,8-9H2. The van der Waals surface area contributed by atoms with Crippen LogP contribution in [0.15, 0.2) is 53.3 Å². The summed E-state index contributed by atoms with van der Waals surface area (Å²) >= 11 is 9.78. The second-order valence-electron chi connectivity index (χ2n) is 6.65. The lowest BCUT2D eigenvalue weighted by Gasteiger charge is -2.23. The average Bonchev–Trinajstić information content (AvgIpc) is 3.25. The fourth-order valence-corrected chi connectivity index (χ4v) is 4.80. The van der Waals surface area contributed by atoms with Crippen LogP contribution in [-0.2, 0) is 0 Å². The maximum Gasteiger partial charge on any atom is 0.257 e. The molecule has 0 radical (unpaired) electrons. The molecule has 0 saturated carbocycles. The molecule has 1 aromatic heterocycles. The zero-order valence-corrected chi connectivity index (χ0v) is 16.2. The van der Waals surface area contributed by atoms with Gasteiger partial charge in [0.05, 0.1) is 28.7 Å². The van der Waals surface area contributed by atoms with Crippen molar-refractivity contribution < 1.29 is 4.79 Å². The highest BCUT2D eigenvalue weighted by atomic mass is 79.9. The molecule has 2 aliphatic heterocycles. The molecule has 0 aliphatic carbocycles. The number of benzene rings is 2. The number of amides is 1. The smallest absolute Gasteiger partial charge is 0.257 e. The van der Waals surface area contributed by atoms with E-state index in [0.29, 0.717) is 10.6 Å². The molecule has 5 rings (SSSR count). The molecule has 3 aromatic rings. The van der Waals surface area contributed by atoms with Gasteiger partial charge >= 0.3 is 0 Å². The molecule has 130 valence electrons. The van der Waals surface area contributed by atoms with E-state index in [9.17, 15) is 4.79 Å². The monoisotopic (exact) mass is 427 g/mol. The molecule has 3 heterocycles. The number of aromatic nitrogens is 2. The van der Waals surface area contributed by atoms with Crippen molar-refractivity contribution in [3.8, 4) is 16.9 Å². The predicted octanol–water partition coefficient (Wildman–Crippen LogP) is 5.25. The summed E-state index contributed by atoms with van der Waals surface area (Å²) in [5.74, 6) is 0.0794. The third-order valence-corrected chi connectivity index (χ3v) is 6.09. The van der Waals surface area contributed by atoms with Crippen molar-refractivity contribution in [2.24, 2.45) is 0 Å². The third kappa shape index (κ3) is 2.27. The molecular weight excluding hydrogens is 414 g/mol. The van der Waals surface area contributed by atoms with E-state index < -0.39 is 0 Å². The molecule has 1 amide bonds. The summed E-state index contributed by atoms with van der Waals surface area (Å²) in [6, 6.07) is 13.6. The first-order valence-electron chi connectivity index (χ1n) is 8.58. The Hall–Kier alpha value is -2.11. The highest BCUT2D eigenvalue weighted by Crippen LogP contribution is 2.43. The number of hydrogen-bond acceptors (Lipinski definition) is 2. The molecule has 1 unspecified atom stereocenters. The van der Waals surface area contributed by atoms with Gasteiger partial charge in [0.15, 0.2) is 0 Å². The highest BCUT2D eigenvalue weighted by Gasteiger charge is 2.39. The van der Waals surface area contributed by atoms with E-state index in [-0.39, 0.29) is 11.9 Å².